The Kier molecular flexibility index (Phi) is 5.69. The lowest BCUT2D eigenvalue weighted by Gasteiger charge is -2.49. The zero-order valence-electron chi connectivity index (χ0n) is 15.9. The van der Waals surface area contributed by atoms with Crippen molar-refractivity contribution in [3.05, 3.63) is 32.7 Å². The molecule has 2 N–H and O–H groups in total. The summed E-state index contributed by atoms with van der Waals surface area (Å²) in [7, 11) is 0. The third-order valence-corrected chi connectivity index (χ3v) is 7.29. The highest BCUT2D eigenvalue weighted by Gasteiger charge is 2.54. The van der Waals surface area contributed by atoms with Crippen LogP contribution in [0.4, 0.5) is 8.78 Å². The van der Waals surface area contributed by atoms with E-state index in [4.69, 9.17) is 21.4 Å². The maximum atomic E-state index is 13.6. The van der Waals surface area contributed by atoms with Crippen molar-refractivity contribution in [2.45, 2.75) is 56.5 Å². The summed E-state index contributed by atoms with van der Waals surface area (Å²) in [6.07, 6.45) is 0.0552. The zero-order valence-corrected chi connectivity index (χ0v) is 17.5. The molecule has 0 aromatic carbocycles. The first-order valence-corrected chi connectivity index (χ1v) is 10.7. The highest BCUT2D eigenvalue weighted by atomic mass is 35.5. The lowest BCUT2D eigenvalue weighted by atomic mass is 9.78. The molecule has 4 heterocycles. The normalized spacial score (nSPS) is 30.2. The third kappa shape index (κ3) is 3.70. The summed E-state index contributed by atoms with van der Waals surface area (Å²) in [5.41, 5.74) is -2.05. The Hall–Kier alpha value is -1.17. The Morgan fingerprint density at radius 1 is 1.48 bits per heavy atom. The lowest BCUT2D eigenvalue weighted by molar-refractivity contribution is -0.210. The van der Waals surface area contributed by atoms with Gasteiger partial charge in [-0.05, 0) is 25.8 Å². The van der Waals surface area contributed by atoms with Crippen molar-refractivity contribution in [2.24, 2.45) is 0 Å². The van der Waals surface area contributed by atoms with E-state index in [-0.39, 0.29) is 18.2 Å². The molecule has 160 valence electrons. The number of aliphatic hydroxyl groups excluding tert-OH is 1. The van der Waals surface area contributed by atoms with E-state index < -0.39 is 24.2 Å². The maximum absolute atomic E-state index is 13.6. The van der Waals surface area contributed by atoms with Crippen LogP contribution in [0.25, 0.3) is 0 Å². The fourth-order valence-electron chi connectivity index (χ4n) is 4.25. The van der Waals surface area contributed by atoms with Gasteiger partial charge in [-0.25, -0.2) is 13.5 Å². The number of alkyl halides is 2. The highest BCUT2D eigenvalue weighted by molar-refractivity contribution is 7.16. The van der Waals surface area contributed by atoms with Gasteiger partial charge >= 0.3 is 0 Å². The van der Waals surface area contributed by atoms with Crippen LogP contribution in [0.1, 0.15) is 35.9 Å². The number of hydrogen-bond acceptors (Lipinski definition) is 7. The molecule has 1 saturated heterocycles. The van der Waals surface area contributed by atoms with E-state index in [9.17, 15) is 13.9 Å². The standard InChI is InChI=1S/C18H23ClF2N4O3S/c1-11-7-17(2-3-24(11)8-12-9-25(4-5-26)23-22-12)15-13(6-14(19)29-15)18(27,10-28-17)16(20)21/h6,9,11,16,26-27H,2-5,7-8,10H2,1H3/t11-,17+,18+/m0/s1. The first-order valence-electron chi connectivity index (χ1n) is 9.46. The van der Waals surface area contributed by atoms with Crippen molar-refractivity contribution < 1.29 is 23.7 Å². The maximum Gasteiger partial charge on any atom is 0.273 e. The average Bonchev–Trinajstić information content (AvgIpc) is 3.28. The number of piperidine rings is 1. The molecule has 7 nitrogen and oxygen atoms in total. The van der Waals surface area contributed by atoms with Crippen molar-refractivity contribution in [1.82, 2.24) is 19.9 Å². The predicted octanol–water partition coefficient (Wildman–Crippen LogP) is 2.35. The number of fused-ring (bicyclic) bond motifs is 2. The van der Waals surface area contributed by atoms with Crippen LogP contribution in [0.5, 0.6) is 0 Å². The van der Waals surface area contributed by atoms with Gasteiger partial charge in [0.2, 0.25) is 0 Å². The fourth-order valence-corrected chi connectivity index (χ4v) is 5.74. The molecule has 0 amide bonds. The van der Waals surface area contributed by atoms with E-state index in [1.807, 2.05) is 6.20 Å². The Bertz CT molecular complexity index is 881. The molecule has 0 aliphatic carbocycles. The van der Waals surface area contributed by atoms with Crippen molar-refractivity contribution >= 4 is 22.9 Å². The molecule has 11 heteroatoms. The van der Waals surface area contributed by atoms with Crippen LogP contribution < -0.4 is 0 Å². The molecule has 2 aromatic heterocycles. The van der Waals surface area contributed by atoms with Gasteiger partial charge in [-0.1, -0.05) is 16.8 Å². The van der Waals surface area contributed by atoms with Crippen molar-refractivity contribution in [1.29, 1.82) is 0 Å². The number of aliphatic hydroxyl groups is 2. The number of nitrogens with zero attached hydrogens (tertiary/aromatic N) is 4. The summed E-state index contributed by atoms with van der Waals surface area (Å²) in [5, 5.41) is 27.6. The number of aromatic nitrogens is 3. The monoisotopic (exact) mass is 448 g/mol. The molecule has 2 aliphatic rings. The summed E-state index contributed by atoms with van der Waals surface area (Å²) in [4.78, 5) is 2.85. The second-order valence-electron chi connectivity index (χ2n) is 7.77. The summed E-state index contributed by atoms with van der Waals surface area (Å²) >= 11 is 7.36. The second kappa shape index (κ2) is 7.82. The number of hydrogen-bond donors (Lipinski definition) is 2. The first-order chi connectivity index (χ1) is 13.8. The molecule has 3 atom stereocenters. The van der Waals surface area contributed by atoms with E-state index in [1.54, 1.807) is 4.68 Å². The summed E-state index contributed by atoms with van der Waals surface area (Å²) in [5.74, 6) is 0. The summed E-state index contributed by atoms with van der Waals surface area (Å²) in [6, 6.07) is 1.55. The molecule has 2 aliphatic heterocycles. The lowest BCUT2D eigenvalue weighted by Crippen LogP contribution is -2.54. The largest absolute Gasteiger partial charge is 0.394 e. The Morgan fingerprint density at radius 3 is 2.97 bits per heavy atom. The number of halogens is 3. The van der Waals surface area contributed by atoms with Crippen LogP contribution >= 0.6 is 22.9 Å². The quantitative estimate of drug-likeness (QED) is 0.730. The van der Waals surface area contributed by atoms with E-state index in [2.05, 4.69) is 22.1 Å². The van der Waals surface area contributed by atoms with Crippen molar-refractivity contribution in [3.63, 3.8) is 0 Å². The Labute approximate surface area is 175 Å². The van der Waals surface area contributed by atoms with Crippen LogP contribution in [0.3, 0.4) is 0 Å². The molecule has 4 rings (SSSR count). The van der Waals surface area contributed by atoms with Gasteiger partial charge in [0.05, 0.1) is 29.8 Å². The third-order valence-electron chi connectivity index (χ3n) is 5.84. The number of rotatable bonds is 5. The van der Waals surface area contributed by atoms with Crippen molar-refractivity contribution in [2.75, 3.05) is 19.8 Å². The molecular formula is C18H23ClF2N4O3S. The van der Waals surface area contributed by atoms with Crippen LogP contribution in [-0.2, 0) is 29.0 Å². The van der Waals surface area contributed by atoms with Crippen LogP contribution in [0.2, 0.25) is 4.34 Å². The Morgan fingerprint density at radius 2 is 2.28 bits per heavy atom. The van der Waals surface area contributed by atoms with E-state index >= 15 is 0 Å². The Balaban J connectivity index is 1.53. The summed E-state index contributed by atoms with van der Waals surface area (Å²) in [6.45, 7) is 3.28. The average molecular weight is 449 g/mol. The molecular weight excluding hydrogens is 426 g/mol. The smallest absolute Gasteiger partial charge is 0.273 e. The van der Waals surface area contributed by atoms with Crippen LogP contribution in [-0.4, -0.2) is 62.3 Å². The summed E-state index contributed by atoms with van der Waals surface area (Å²) < 4.78 is 35.1. The van der Waals surface area contributed by atoms with Gasteiger partial charge in [0.1, 0.15) is 5.60 Å². The van der Waals surface area contributed by atoms with E-state index in [0.29, 0.717) is 41.7 Å². The minimum atomic E-state index is -2.96. The molecule has 0 bridgehead atoms. The molecule has 29 heavy (non-hydrogen) atoms. The van der Waals surface area contributed by atoms with Crippen LogP contribution in [0.15, 0.2) is 12.3 Å². The SMILES string of the molecule is C[C@H]1C[C@@]2(CCN1Cc1cn(CCO)nn1)OC[C@](O)(C(F)F)c1cc(Cl)sc12. The minimum absolute atomic E-state index is 0.000548. The molecule has 1 spiro atoms. The van der Waals surface area contributed by atoms with E-state index in [0.717, 1.165) is 5.69 Å². The minimum Gasteiger partial charge on any atom is -0.394 e. The molecule has 0 saturated carbocycles. The fraction of sp³-hybridized carbons (Fsp3) is 0.667. The van der Waals surface area contributed by atoms with Gasteiger partial charge in [-0.2, -0.15) is 0 Å². The highest BCUT2D eigenvalue weighted by Crippen LogP contribution is 2.53. The molecule has 0 radical (unpaired) electrons. The van der Waals surface area contributed by atoms with Crippen molar-refractivity contribution in [3.8, 4) is 0 Å². The number of ether oxygens (including phenoxy) is 1. The van der Waals surface area contributed by atoms with Gasteiger partial charge in [0, 0.05) is 35.8 Å². The molecule has 0 unspecified atom stereocenters. The molecule has 2 aromatic rings. The van der Waals surface area contributed by atoms with Crippen LogP contribution in [0, 0.1) is 0 Å². The predicted molar refractivity (Wildman–Crippen MR) is 103 cm³/mol. The first kappa shape index (κ1) is 21.1. The van der Waals surface area contributed by atoms with Gasteiger partial charge in [-0.15, -0.1) is 16.4 Å². The van der Waals surface area contributed by atoms with Gasteiger partial charge < -0.3 is 14.9 Å². The topological polar surface area (TPSA) is 83.6 Å². The second-order valence-corrected chi connectivity index (χ2v) is 9.45. The van der Waals surface area contributed by atoms with Gasteiger partial charge in [-0.3, -0.25) is 4.90 Å². The molecule has 1 fully saturated rings. The van der Waals surface area contributed by atoms with E-state index in [1.165, 1.54) is 17.4 Å². The van der Waals surface area contributed by atoms with Gasteiger partial charge in [0.25, 0.3) is 6.43 Å². The number of likely N-dealkylation sites (tertiary alicyclic amines) is 1. The number of thiophene rings is 1. The zero-order chi connectivity index (χ0) is 20.8. The van der Waals surface area contributed by atoms with Gasteiger partial charge in [0.15, 0.2) is 5.60 Å².